The molecule has 0 aliphatic carbocycles. The molecule has 0 spiro atoms. The number of aromatic amines is 1. The van der Waals surface area contributed by atoms with Crippen LogP contribution in [-0.2, 0) is 6.42 Å². The van der Waals surface area contributed by atoms with Crippen LogP contribution in [0.4, 0.5) is 0 Å². The lowest BCUT2D eigenvalue weighted by Gasteiger charge is -2.15. The zero-order chi connectivity index (χ0) is 12.3. The van der Waals surface area contributed by atoms with Crippen LogP contribution in [0.1, 0.15) is 48.7 Å². The van der Waals surface area contributed by atoms with Gasteiger partial charge in [-0.25, -0.2) is 4.98 Å². The van der Waals surface area contributed by atoms with E-state index in [1.54, 1.807) is 0 Å². The Kier molecular flexibility index (Phi) is 3.62. The van der Waals surface area contributed by atoms with Crippen LogP contribution in [0.3, 0.4) is 0 Å². The Bertz CT molecular complexity index is 472. The molecule has 1 N–H and O–H groups in total. The van der Waals surface area contributed by atoms with E-state index in [1.807, 2.05) is 12.4 Å². The Morgan fingerprint density at radius 2 is 2.18 bits per heavy atom. The first-order valence-electron chi connectivity index (χ1n) is 6.31. The Hall–Kier alpha value is -1.57. The molecule has 0 bridgehead atoms. The highest BCUT2D eigenvalue weighted by Gasteiger charge is 2.14. The number of nitrogens with one attached hydrogen (secondary N) is 1. The standard InChI is InChI=1S/C15H20N2/c1-4-6-13-7-5-8-14(11(13)2)12(3)15-16-9-10-17-15/h5,7-10,12H,4,6H2,1-3H3,(H,16,17)/t12-/m0/s1. The van der Waals surface area contributed by atoms with Gasteiger partial charge < -0.3 is 4.98 Å². The number of benzene rings is 1. The summed E-state index contributed by atoms with van der Waals surface area (Å²) in [5, 5.41) is 0. The van der Waals surface area contributed by atoms with Gasteiger partial charge in [-0.1, -0.05) is 38.5 Å². The molecule has 0 saturated carbocycles. The van der Waals surface area contributed by atoms with Crippen LogP contribution in [0.2, 0.25) is 0 Å². The van der Waals surface area contributed by atoms with Gasteiger partial charge in [0.25, 0.3) is 0 Å². The van der Waals surface area contributed by atoms with Crippen LogP contribution >= 0.6 is 0 Å². The first-order valence-corrected chi connectivity index (χ1v) is 6.31. The number of aromatic nitrogens is 2. The molecule has 1 aromatic carbocycles. The predicted octanol–water partition coefficient (Wildman–Crippen LogP) is 3.82. The van der Waals surface area contributed by atoms with E-state index in [0.717, 1.165) is 12.2 Å². The summed E-state index contributed by atoms with van der Waals surface area (Å²) < 4.78 is 0. The van der Waals surface area contributed by atoms with E-state index in [2.05, 4.69) is 48.9 Å². The average molecular weight is 228 g/mol. The number of H-pyrrole nitrogens is 1. The summed E-state index contributed by atoms with van der Waals surface area (Å²) in [6, 6.07) is 6.60. The van der Waals surface area contributed by atoms with E-state index < -0.39 is 0 Å². The number of hydrogen-bond acceptors (Lipinski definition) is 1. The molecule has 0 radical (unpaired) electrons. The summed E-state index contributed by atoms with van der Waals surface area (Å²) in [5.41, 5.74) is 4.26. The van der Waals surface area contributed by atoms with Gasteiger partial charge in [0.15, 0.2) is 0 Å². The van der Waals surface area contributed by atoms with Crippen molar-refractivity contribution in [1.29, 1.82) is 0 Å². The first-order chi connectivity index (χ1) is 8.24. The SMILES string of the molecule is CCCc1cccc([C@H](C)c2ncc[nH]2)c1C. The van der Waals surface area contributed by atoms with Crippen molar-refractivity contribution in [2.45, 2.75) is 39.5 Å². The maximum atomic E-state index is 4.35. The number of rotatable bonds is 4. The molecular weight excluding hydrogens is 208 g/mol. The summed E-state index contributed by atoms with van der Waals surface area (Å²) >= 11 is 0. The van der Waals surface area contributed by atoms with Crippen molar-refractivity contribution in [1.82, 2.24) is 9.97 Å². The highest BCUT2D eigenvalue weighted by molar-refractivity contribution is 5.38. The Labute approximate surface area is 103 Å². The molecule has 0 amide bonds. The summed E-state index contributed by atoms with van der Waals surface area (Å²) in [7, 11) is 0. The van der Waals surface area contributed by atoms with Crippen molar-refractivity contribution < 1.29 is 0 Å². The third kappa shape index (κ3) is 2.41. The van der Waals surface area contributed by atoms with Crippen molar-refractivity contribution in [2.24, 2.45) is 0 Å². The molecule has 0 unspecified atom stereocenters. The second-order valence-electron chi connectivity index (χ2n) is 4.58. The van der Waals surface area contributed by atoms with Crippen molar-refractivity contribution in [3.63, 3.8) is 0 Å². The number of nitrogens with zero attached hydrogens (tertiary/aromatic N) is 1. The van der Waals surface area contributed by atoms with Crippen LogP contribution in [-0.4, -0.2) is 9.97 Å². The predicted molar refractivity (Wildman–Crippen MR) is 71.3 cm³/mol. The number of imidazole rings is 1. The third-order valence-electron chi connectivity index (χ3n) is 3.40. The topological polar surface area (TPSA) is 28.7 Å². The molecule has 2 heteroatoms. The summed E-state index contributed by atoms with van der Waals surface area (Å²) in [5.74, 6) is 1.38. The van der Waals surface area contributed by atoms with Gasteiger partial charge in [0.05, 0.1) is 0 Å². The van der Waals surface area contributed by atoms with E-state index in [1.165, 1.54) is 23.1 Å². The maximum absolute atomic E-state index is 4.35. The largest absolute Gasteiger partial charge is 0.348 e. The van der Waals surface area contributed by atoms with Crippen molar-refractivity contribution in [3.8, 4) is 0 Å². The lowest BCUT2D eigenvalue weighted by atomic mass is 9.91. The van der Waals surface area contributed by atoms with Crippen LogP contribution < -0.4 is 0 Å². The van der Waals surface area contributed by atoms with Crippen molar-refractivity contribution >= 4 is 0 Å². The third-order valence-corrected chi connectivity index (χ3v) is 3.40. The van der Waals surface area contributed by atoms with Crippen LogP contribution in [0.5, 0.6) is 0 Å². The van der Waals surface area contributed by atoms with Crippen LogP contribution in [0, 0.1) is 6.92 Å². The minimum atomic E-state index is 0.335. The number of aryl methyl sites for hydroxylation is 1. The fourth-order valence-corrected chi connectivity index (χ4v) is 2.37. The zero-order valence-electron chi connectivity index (χ0n) is 10.8. The first kappa shape index (κ1) is 11.9. The monoisotopic (exact) mass is 228 g/mol. The Morgan fingerprint density at radius 3 is 2.82 bits per heavy atom. The normalized spacial score (nSPS) is 12.6. The van der Waals surface area contributed by atoms with E-state index >= 15 is 0 Å². The fraction of sp³-hybridized carbons (Fsp3) is 0.400. The van der Waals surface area contributed by atoms with Crippen LogP contribution in [0.15, 0.2) is 30.6 Å². The fourth-order valence-electron chi connectivity index (χ4n) is 2.37. The van der Waals surface area contributed by atoms with Crippen molar-refractivity contribution in [2.75, 3.05) is 0 Å². The number of hydrogen-bond donors (Lipinski definition) is 1. The molecular formula is C15H20N2. The van der Waals surface area contributed by atoms with Gasteiger partial charge in [-0.15, -0.1) is 0 Å². The van der Waals surface area contributed by atoms with Gasteiger partial charge in [-0.3, -0.25) is 0 Å². The van der Waals surface area contributed by atoms with Gasteiger partial charge in [0, 0.05) is 18.3 Å². The molecule has 1 atom stereocenters. The highest BCUT2D eigenvalue weighted by Crippen LogP contribution is 2.26. The highest BCUT2D eigenvalue weighted by atomic mass is 14.9. The average Bonchev–Trinajstić information content (AvgIpc) is 2.85. The molecule has 17 heavy (non-hydrogen) atoms. The lowest BCUT2D eigenvalue weighted by molar-refractivity contribution is 0.821. The summed E-state index contributed by atoms with van der Waals surface area (Å²) in [4.78, 5) is 7.56. The molecule has 2 rings (SSSR count). The quantitative estimate of drug-likeness (QED) is 0.846. The maximum Gasteiger partial charge on any atom is 0.113 e. The molecule has 0 aliphatic rings. The van der Waals surface area contributed by atoms with Gasteiger partial charge in [-0.2, -0.15) is 0 Å². The molecule has 0 fully saturated rings. The van der Waals surface area contributed by atoms with Crippen LogP contribution in [0.25, 0.3) is 0 Å². The summed E-state index contributed by atoms with van der Waals surface area (Å²) in [6.45, 7) is 6.65. The lowest BCUT2D eigenvalue weighted by Crippen LogP contribution is -2.03. The van der Waals surface area contributed by atoms with E-state index in [4.69, 9.17) is 0 Å². The second kappa shape index (κ2) is 5.17. The molecule has 2 nitrogen and oxygen atoms in total. The van der Waals surface area contributed by atoms with Gasteiger partial charge in [0.2, 0.25) is 0 Å². The zero-order valence-corrected chi connectivity index (χ0v) is 10.8. The Balaban J connectivity index is 2.35. The van der Waals surface area contributed by atoms with Gasteiger partial charge in [0.1, 0.15) is 5.82 Å². The van der Waals surface area contributed by atoms with Crippen molar-refractivity contribution in [3.05, 3.63) is 53.1 Å². The van der Waals surface area contributed by atoms with E-state index in [9.17, 15) is 0 Å². The van der Waals surface area contributed by atoms with Gasteiger partial charge >= 0.3 is 0 Å². The molecule has 1 heterocycles. The molecule has 1 aromatic heterocycles. The molecule has 0 saturated heterocycles. The molecule has 2 aromatic rings. The van der Waals surface area contributed by atoms with Gasteiger partial charge in [-0.05, 0) is 30.0 Å². The minimum Gasteiger partial charge on any atom is -0.348 e. The Morgan fingerprint density at radius 1 is 1.35 bits per heavy atom. The second-order valence-corrected chi connectivity index (χ2v) is 4.58. The minimum absolute atomic E-state index is 0.335. The molecule has 0 aliphatic heterocycles. The van der Waals surface area contributed by atoms with E-state index in [-0.39, 0.29) is 0 Å². The molecule has 90 valence electrons. The summed E-state index contributed by atoms with van der Waals surface area (Å²) in [6.07, 6.45) is 6.05. The van der Waals surface area contributed by atoms with E-state index in [0.29, 0.717) is 5.92 Å². The smallest absolute Gasteiger partial charge is 0.113 e.